The number of nitrogens with zero attached hydrogens (tertiary/aromatic N) is 3. The van der Waals surface area contributed by atoms with E-state index in [9.17, 15) is 25.0 Å². The van der Waals surface area contributed by atoms with E-state index in [4.69, 9.17) is 0 Å². The zero-order valence-corrected chi connectivity index (χ0v) is 16.0. The molecular weight excluding hydrogens is 376 g/mol. The number of amides is 1. The zero-order chi connectivity index (χ0) is 21.0. The Morgan fingerprint density at radius 3 is 2.10 bits per heavy atom. The normalized spacial score (nSPS) is 15.1. The Hall–Kier alpha value is -3.33. The largest absolute Gasteiger partial charge is 0.322 e. The van der Waals surface area contributed by atoms with Crippen molar-refractivity contribution < 1.29 is 14.6 Å². The molecule has 0 spiro atoms. The number of likely N-dealkylation sites (tertiary alicyclic amines) is 1. The monoisotopic (exact) mass is 398 g/mol. The second-order valence-electron chi connectivity index (χ2n) is 7.36. The molecule has 0 unspecified atom stereocenters. The minimum atomic E-state index is -0.764. The SMILES string of the molecule is CC1CCN(Cc2ccc(NC(=O)c3cc([N+](=O)[O-])cc([N+](=O)[O-])c3)cc2)CC1. The fourth-order valence-corrected chi connectivity index (χ4v) is 3.31. The maximum absolute atomic E-state index is 12.4. The Morgan fingerprint density at radius 1 is 1.03 bits per heavy atom. The quantitative estimate of drug-likeness (QED) is 0.580. The van der Waals surface area contributed by atoms with Crippen LogP contribution in [0.25, 0.3) is 0 Å². The lowest BCUT2D eigenvalue weighted by atomic mass is 9.99. The van der Waals surface area contributed by atoms with E-state index in [0.717, 1.165) is 49.3 Å². The van der Waals surface area contributed by atoms with Crippen LogP contribution < -0.4 is 5.32 Å². The lowest BCUT2D eigenvalue weighted by Gasteiger charge is -2.30. The summed E-state index contributed by atoms with van der Waals surface area (Å²) >= 11 is 0. The van der Waals surface area contributed by atoms with Gasteiger partial charge in [0.15, 0.2) is 0 Å². The molecule has 0 saturated carbocycles. The van der Waals surface area contributed by atoms with Crippen molar-refractivity contribution >= 4 is 23.0 Å². The summed E-state index contributed by atoms with van der Waals surface area (Å²) in [6, 6.07) is 10.2. The molecule has 0 aromatic heterocycles. The van der Waals surface area contributed by atoms with E-state index < -0.39 is 27.1 Å². The molecule has 1 amide bonds. The number of non-ortho nitro benzene ring substituents is 2. The third kappa shape index (κ3) is 5.35. The number of nitrogens with one attached hydrogen (secondary N) is 1. The number of rotatable bonds is 6. The molecule has 152 valence electrons. The van der Waals surface area contributed by atoms with Crippen LogP contribution in [0.1, 0.15) is 35.7 Å². The molecule has 0 atom stereocenters. The molecule has 1 saturated heterocycles. The molecule has 9 nitrogen and oxygen atoms in total. The Bertz CT molecular complexity index is 889. The maximum atomic E-state index is 12.4. The summed E-state index contributed by atoms with van der Waals surface area (Å²) < 4.78 is 0. The van der Waals surface area contributed by atoms with E-state index in [1.54, 1.807) is 12.1 Å². The fourth-order valence-electron chi connectivity index (χ4n) is 3.31. The van der Waals surface area contributed by atoms with Gasteiger partial charge in [-0.15, -0.1) is 0 Å². The van der Waals surface area contributed by atoms with Crippen LogP contribution in [-0.2, 0) is 6.54 Å². The van der Waals surface area contributed by atoms with Gasteiger partial charge in [0.2, 0.25) is 0 Å². The standard InChI is InChI=1S/C20H22N4O5/c1-14-6-8-22(9-7-14)13-15-2-4-17(5-3-15)21-20(25)16-10-18(23(26)27)12-19(11-16)24(28)29/h2-5,10-12,14H,6-9,13H2,1H3,(H,21,25). The lowest BCUT2D eigenvalue weighted by molar-refractivity contribution is -0.394. The number of piperidine rings is 1. The van der Waals surface area contributed by atoms with Gasteiger partial charge in [0.1, 0.15) is 0 Å². The topological polar surface area (TPSA) is 119 Å². The summed E-state index contributed by atoms with van der Waals surface area (Å²) in [7, 11) is 0. The minimum Gasteiger partial charge on any atom is -0.322 e. The molecule has 0 bridgehead atoms. The number of nitro groups is 2. The fraction of sp³-hybridized carbons (Fsp3) is 0.350. The maximum Gasteiger partial charge on any atom is 0.277 e. The Labute approximate surface area is 167 Å². The number of nitro benzene ring substituents is 2. The van der Waals surface area contributed by atoms with Crippen LogP contribution in [0.2, 0.25) is 0 Å². The highest BCUT2D eigenvalue weighted by Gasteiger charge is 2.20. The first-order valence-corrected chi connectivity index (χ1v) is 9.38. The van der Waals surface area contributed by atoms with E-state index in [2.05, 4.69) is 17.1 Å². The smallest absolute Gasteiger partial charge is 0.277 e. The molecule has 1 N–H and O–H groups in total. The van der Waals surface area contributed by atoms with Gasteiger partial charge in [0, 0.05) is 24.4 Å². The molecule has 9 heteroatoms. The van der Waals surface area contributed by atoms with Crippen LogP contribution in [0, 0.1) is 26.1 Å². The molecule has 29 heavy (non-hydrogen) atoms. The van der Waals surface area contributed by atoms with Crippen LogP contribution >= 0.6 is 0 Å². The second-order valence-corrected chi connectivity index (χ2v) is 7.36. The molecule has 1 fully saturated rings. The van der Waals surface area contributed by atoms with Gasteiger partial charge >= 0.3 is 0 Å². The van der Waals surface area contributed by atoms with Gasteiger partial charge in [-0.25, -0.2) is 0 Å². The van der Waals surface area contributed by atoms with Gasteiger partial charge in [-0.05, 0) is 49.5 Å². The van der Waals surface area contributed by atoms with Gasteiger partial charge < -0.3 is 5.32 Å². The van der Waals surface area contributed by atoms with Crippen molar-refractivity contribution in [2.45, 2.75) is 26.3 Å². The highest BCUT2D eigenvalue weighted by atomic mass is 16.6. The van der Waals surface area contributed by atoms with Gasteiger partial charge in [-0.3, -0.25) is 29.9 Å². The zero-order valence-electron chi connectivity index (χ0n) is 16.0. The number of carbonyl (C=O) groups excluding carboxylic acids is 1. The summed E-state index contributed by atoms with van der Waals surface area (Å²) in [5, 5.41) is 24.6. The van der Waals surface area contributed by atoms with Crippen molar-refractivity contribution in [1.29, 1.82) is 0 Å². The third-order valence-electron chi connectivity index (χ3n) is 5.08. The Kier molecular flexibility index (Phi) is 6.18. The van der Waals surface area contributed by atoms with Crippen LogP contribution in [0.15, 0.2) is 42.5 Å². The summed E-state index contributed by atoms with van der Waals surface area (Å²) in [6.07, 6.45) is 2.40. The van der Waals surface area contributed by atoms with Crippen LogP contribution in [-0.4, -0.2) is 33.7 Å². The van der Waals surface area contributed by atoms with Crippen LogP contribution in [0.4, 0.5) is 17.1 Å². The average Bonchev–Trinajstić information content (AvgIpc) is 2.70. The Balaban J connectivity index is 1.67. The number of benzene rings is 2. The first-order chi connectivity index (χ1) is 13.8. The van der Waals surface area contributed by atoms with Crippen molar-refractivity contribution in [3.8, 4) is 0 Å². The summed E-state index contributed by atoms with van der Waals surface area (Å²) in [4.78, 5) is 35.3. The van der Waals surface area contributed by atoms with Crippen LogP contribution in [0.3, 0.4) is 0 Å². The number of anilines is 1. The highest BCUT2D eigenvalue weighted by molar-refractivity contribution is 6.05. The highest BCUT2D eigenvalue weighted by Crippen LogP contribution is 2.24. The second kappa shape index (κ2) is 8.78. The van der Waals surface area contributed by atoms with E-state index >= 15 is 0 Å². The van der Waals surface area contributed by atoms with Crippen LogP contribution in [0.5, 0.6) is 0 Å². The van der Waals surface area contributed by atoms with Crippen molar-refractivity contribution in [3.05, 3.63) is 73.8 Å². The van der Waals surface area contributed by atoms with Gasteiger partial charge in [0.25, 0.3) is 17.3 Å². The summed E-state index contributed by atoms with van der Waals surface area (Å²) in [5.74, 6) is 0.128. The molecule has 1 aliphatic rings. The minimum absolute atomic E-state index is 0.141. The summed E-state index contributed by atoms with van der Waals surface area (Å²) in [6.45, 7) is 5.26. The number of carbonyl (C=O) groups is 1. The molecule has 1 heterocycles. The van der Waals surface area contributed by atoms with Crippen molar-refractivity contribution in [3.63, 3.8) is 0 Å². The molecule has 2 aromatic carbocycles. The van der Waals surface area contributed by atoms with E-state index in [-0.39, 0.29) is 5.56 Å². The van der Waals surface area contributed by atoms with Gasteiger partial charge in [-0.2, -0.15) is 0 Å². The molecule has 0 radical (unpaired) electrons. The molecular formula is C20H22N4O5. The first kappa shape index (κ1) is 20.4. The predicted octanol–water partition coefficient (Wildman–Crippen LogP) is 3.99. The predicted molar refractivity (Wildman–Crippen MR) is 108 cm³/mol. The molecule has 3 rings (SSSR count). The van der Waals surface area contributed by atoms with Gasteiger partial charge in [-0.1, -0.05) is 19.1 Å². The van der Waals surface area contributed by atoms with E-state index in [0.29, 0.717) is 5.69 Å². The summed E-state index contributed by atoms with van der Waals surface area (Å²) in [5.41, 5.74) is 0.493. The first-order valence-electron chi connectivity index (χ1n) is 9.38. The lowest BCUT2D eigenvalue weighted by Crippen LogP contribution is -2.32. The van der Waals surface area contributed by atoms with E-state index in [1.807, 2.05) is 12.1 Å². The van der Waals surface area contributed by atoms with Crippen molar-refractivity contribution in [2.75, 3.05) is 18.4 Å². The van der Waals surface area contributed by atoms with Crippen molar-refractivity contribution in [1.82, 2.24) is 4.90 Å². The number of hydrogen-bond acceptors (Lipinski definition) is 6. The Morgan fingerprint density at radius 2 is 1.59 bits per heavy atom. The average molecular weight is 398 g/mol. The number of hydrogen-bond donors (Lipinski definition) is 1. The van der Waals surface area contributed by atoms with E-state index in [1.165, 1.54) is 12.8 Å². The third-order valence-corrected chi connectivity index (χ3v) is 5.08. The van der Waals surface area contributed by atoms with Gasteiger partial charge in [0.05, 0.1) is 21.5 Å². The molecule has 2 aromatic rings. The molecule has 0 aliphatic carbocycles. The van der Waals surface area contributed by atoms with Crippen molar-refractivity contribution in [2.24, 2.45) is 5.92 Å². The molecule has 1 aliphatic heterocycles.